The molecule has 1 aromatic heterocycles. The van der Waals surface area contributed by atoms with Crippen molar-refractivity contribution in [3.63, 3.8) is 0 Å². The Balaban J connectivity index is 2.04. The molecule has 0 aliphatic carbocycles. The zero-order valence-corrected chi connectivity index (χ0v) is 13.5. The van der Waals surface area contributed by atoms with Crippen molar-refractivity contribution < 1.29 is 9.53 Å². The summed E-state index contributed by atoms with van der Waals surface area (Å²) in [4.78, 5) is 20.6. The molecule has 1 aromatic rings. The van der Waals surface area contributed by atoms with Gasteiger partial charge < -0.3 is 14.2 Å². The van der Waals surface area contributed by atoms with E-state index in [9.17, 15) is 4.79 Å². The van der Waals surface area contributed by atoms with Gasteiger partial charge in [-0.2, -0.15) is 0 Å². The quantitative estimate of drug-likeness (QED) is 0.812. The number of aryl methyl sites for hydroxylation is 1. The van der Waals surface area contributed by atoms with Crippen molar-refractivity contribution in [2.75, 3.05) is 33.8 Å². The van der Waals surface area contributed by atoms with Crippen LogP contribution in [0.5, 0.6) is 0 Å². The predicted octanol–water partition coefficient (Wildman–Crippen LogP) is 0.972. The van der Waals surface area contributed by atoms with E-state index in [1.807, 2.05) is 19.3 Å². The maximum Gasteiger partial charge on any atom is 0.255 e. The fourth-order valence-corrected chi connectivity index (χ4v) is 2.82. The number of morpholine rings is 1. The summed E-state index contributed by atoms with van der Waals surface area (Å²) in [5, 5.41) is 0. The zero-order valence-electron chi connectivity index (χ0n) is 13.5. The number of hydrogen-bond acceptors (Lipinski definition) is 4. The molecule has 0 saturated carbocycles. The molecule has 21 heavy (non-hydrogen) atoms. The van der Waals surface area contributed by atoms with Crippen molar-refractivity contribution >= 4 is 5.91 Å². The predicted molar refractivity (Wildman–Crippen MR) is 80.8 cm³/mol. The highest BCUT2D eigenvalue weighted by Gasteiger charge is 2.40. The smallest absolute Gasteiger partial charge is 0.255 e. The number of likely N-dealkylation sites (N-methyl/N-ethyl adjacent to an activating group) is 1. The Labute approximate surface area is 126 Å². The minimum Gasteiger partial charge on any atom is -0.363 e. The first-order chi connectivity index (χ1) is 9.96. The number of amides is 1. The molecule has 2 heterocycles. The van der Waals surface area contributed by atoms with Gasteiger partial charge in [0.05, 0.1) is 13.2 Å². The number of imidazole rings is 1. The average Bonchev–Trinajstić information content (AvgIpc) is 2.85. The summed E-state index contributed by atoms with van der Waals surface area (Å²) in [6.45, 7) is 7.77. The van der Waals surface area contributed by atoms with Crippen molar-refractivity contribution in [3.05, 3.63) is 18.2 Å². The third-order valence-electron chi connectivity index (χ3n) is 3.84. The molecule has 1 saturated heterocycles. The molecule has 0 unspecified atom stereocenters. The van der Waals surface area contributed by atoms with Crippen LogP contribution in [0.4, 0.5) is 0 Å². The number of aromatic nitrogens is 2. The molecule has 0 spiro atoms. The van der Waals surface area contributed by atoms with Crippen LogP contribution in [0.25, 0.3) is 0 Å². The Morgan fingerprint density at radius 3 is 2.95 bits per heavy atom. The average molecular weight is 294 g/mol. The third kappa shape index (κ3) is 3.63. The molecule has 6 heteroatoms. The lowest BCUT2D eigenvalue weighted by Crippen LogP contribution is -2.57. The zero-order chi connectivity index (χ0) is 15.5. The van der Waals surface area contributed by atoms with Gasteiger partial charge in [-0.15, -0.1) is 0 Å². The van der Waals surface area contributed by atoms with Gasteiger partial charge in [-0.1, -0.05) is 6.92 Å². The highest BCUT2D eigenvalue weighted by Crippen LogP contribution is 2.21. The van der Waals surface area contributed by atoms with Crippen LogP contribution in [0.15, 0.2) is 12.4 Å². The molecule has 0 radical (unpaired) electrons. The van der Waals surface area contributed by atoms with E-state index in [4.69, 9.17) is 4.74 Å². The number of rotatable bonds is 5. The highest BCUT2D eigenvalue weighted by molar-refractivity contribution is 5.84. The van der Waals surface area contributed by atoms with Crippen molar-refractivity contribution in [2.45, 2.75) is 39.0 Å². The lowest BCUT2D eigenvalue weighted by Gasteiger charge is -2.40. The second kappa shape index (κ2) is 6.58. The second-order valence-corrected chi connectivity index (χ2v) is 6.03. The first kappa shape index (κ1) is 16.0. The first-order valence-corrected chi connectivity index (χ1v) is 7.54. The van der Waals surface area contributed by atoms with Crippen LogP contribution in [0.3, 0.4) is 0 Å². The summed E-state index contributed by atoms with van der Waals surface area (Å²) in [5.41, 5.74) is -0.760. The molecular formula is C15H26N4O2. The topological polar surface area (TPSA) is 50.6 Å². The molecule has 118 valence electrons. The van der Waals surface area contributed by atoms with Gasteiger partial charge in [0.25, 0.3) is 5.91 Å². The minimum absolute atomic E-state index is 0.0177. The number of ether oxygens (including phenoxy) is 1. The second-order valence-electron chi connectivity index (χ2n) is 6.03. The van der Waals surface area contributed by atoms with E-state index < -0.39 is 5.60 Å². The van der Waals surface area contributed by atoms with Gasteiger partial charge in [0.1, 0.15) is 5.82 Å². The number of carbonyl (C=O) groups is 1. The van der Waals surface area contributed by atoms with E-state index in [0.29, 0.717) is 13.2 Å². The maximum atomic E-state index is 12.3. The Kier molecular flexibility index (Phi) is 5.00. The van der Waals surface area contributed by atoms with E-state index >= 15 is 0 Å². The van der Waals surface area contributed by atoms with Crippen LogP contribution in [0, 0.1) is 0 Å². The molecular weight excluding hydrogens is 268 g/mol. The monoisotopic (exact) mass is 294 g/mol. The first-order valence-electron chi connectivity index (χ1n) is 7.54. The van der Waals surface area contributed by atoms with E-state index in [0.717, 1.165) is 31.9 Å². The van der Waals surface area contributed by atoms with Gasteiger partial charge in [-0.3, -0.25) is 9.69 Å². The van der Waals surface area contributed by atoms with Crippen LogP contribution in [0.1, 0.15) is 26.1 Å². The molecule has 1 amide bonds. The van der Waals surface area contributed by atoms with E-state index in [2.05, 4.69) is 21.4 Å². The van der Waals surface area contributed by atoms with Gasteiger partial charge in [0.2, 0.25) is 0 Å². The molecule has 0 bridgehead atoms. The summed E-state index contributed by atoms with van der Waals surface area (Å²) in [6.07, 6.45) is 4.95. The van der Waals surface area contributed by atoms with Gasteiger partial charge in [-0.05, 0) is 13.3 Å². The number of carbonyl (C=O) groups excluding carboxylic acids is 1. The van der Waals surface area contributed by atoms with Crippen LogP contribution in [0.2, 0.25) is 0 Å². The summed E-state index contributed by atoms with van der Waals surface area (Å²) >= 11 is 0. The molecule has 0 aromatic carbocycles. The van der Waals surface area contributed by atoms with Crippen molar-refractivity contribution in [1.29, 1.82) is 0 Å². The van der Waals surface area contributed by atoms with E-state index in [1.54, 1.807) is 19.0 Å². The summed E-state index contributed by atoms with van der Waals surface area (Å²) in [5.74, 6) is 1.07. The Morgan fingerprint density at radius 1 is 1.52 bits per heavy atom. The molecule has 6 nitrogen and oxygen atoms in total. The van der Waals surface area contributed by atoms with Crippen LogP contribution in [-0.4, -0.2) is 64.7 Å². The minimum atomic E-state index is -0.760. The van der Waals surface area contributed by atoms with E-state index in [-0.39, 0.29) is 5.91 Å². The highest BCUT2D eigenvalue weighted by atomic mass is 16.5. The lowest BCUT2D eigenvalue weighted by molar-refractivity contribution is -0.165. The van der Waals surface area contributed by atoms with Crippen LogP contribution < -0.4 is 0 Å². The Hall–Kier alpha value is -1.40. The molecule has 1 fully saturated rings. The van der Waals surface area contributed by atoms with Crippen molar-refractivity contribution in [1.82, 2.24) is 19.4 Å². The molecule has 2 rings (SSSR count). The third-order valence-corrected chi connectivity index (χ3v) is 3.84. The maximum absolute atomic E-state index is 12.3. The normalized spacial score (nSPS) is 23.2. The van der Waals surface area contributed by atoms with E-state index in [1.165, 1.54) is 0 Å². The summed E-state index contributed by atoms with van der Waals surface area (Å²) < 4.78 is 7.94. The fraction of sp³-hybridized carbons (Fsp3) is 0.733. The lowest BCUT2D eigenvalue weighted by atomic mass is 10.0. The fourth-order valence-electron chi connectivity index (χ4n) is 2.82. The van der Waals surface area contributed by atoms with Crippen molar-refractivity contribution in [2.24, 2.45) is 0 Å². The summed E-state index contributed by atoms with van der Waals surface area (Å²) in [6, 6.07) is 0. The Morgan fingerprint density at radius 2 is 2.29 bits per heavy atom. The Bertz CT molecular complexity index is 486. The molecule has 1 atom stereocenters. The van der Waals surface area contributed by atoms with Crippen molar-refractivity contribution in [3.8, 4) is 0 Å². The molecule has 1 aliphatic heterocycles. The van der Waals surface area contributed by atoms with Gasteiger partial charge >= 0.3 is 0 Å². The number of nitrogens with zero attached hydrogens (tertiary/aromatic N) is 4. The summed E-state index contributed by atoms with van der Waals surface area (Å²) in [7, 11) is 3.54. The van der Waals surface area contributed by atoms with Crippen LogP contribution >= 0.6 is 0 Å². The van der Waals surface area contributed by atoms with Gasteiger partial charge in [0, 0.05) is 46.1 Å². The molecule has 0 N–H and O–H groups in total. The largest absolute Gasteiger partial charge is 0.363 e. The molecule has 1 aliphatic rings. The standard InChI is InChI=1S/C15H26N4O2/c1-5-7-19-8-6-16-13(19)11-18-9-10-21-15(2,12-18)14(20)17(3)4/h6,8H,5,7,9-12H2,1-4H3/t15-/m1/s1. The van der Waals surface area contributed by atoms with Gasteiger partial charge in [0.15, 0.2) is 5.60 Å². The SMILES string of the molecule is CCCn1ccnc1CN1CCO[C@@](C)(C(=O)N(C)C)C1. The van der Waals surface area contributed by atoms with Crippen LogP contribution in [-0.2, 0) is 22.6 Å². The van der Waals surface area contributed by atoms with Gasteiger partial charge in [-0.25, -0.2) is 4.98 Å². The number of hydrogen-bond donors (Lipinski definition) is 0.